The number of rotatable bonds is 7. The van der Waals surface area contributed by atoms with Crippen LogP contribution in [0.15, 0.2) is 84.5 Å². The molecule has 0 atom stereocenters. The van der Waals surface area contributed by atoms with E-state index in [9.17, 15) is 9.59 Å². The Kier molecular flexibility index (Phi) is 8.37. The fraction of sp³-hybridized carbons (Fsp3) is 0.250. The van der Waals surface area contributed by atoms with Crippen molar-refractivity contribution in [1.82, 2.24) is 5.32 Å². The lowest BCUT2D eigenvalue weighted by molar-refractivity contribution is -0.123. The molecule has 4 nitrogen and oxygen atoms in total. The molecule has 0 aromatic heterocycles. The number of aldehydes is 1. The van der Waals surface area contributed by atoms with Gasteiger partial charge in [0.05, 0.1) is 0 Å². The summed E-state index contributed by atoms with van der Waals surface area (Å²) in [7, 11) is 1.00. The third kappa shape index (κ3) is 4.84. The summed E-state index contributed by atoms with van der Waals surface area (Å²) in [6.45, 7) is 0. The summed E-state index contributed by atoms with van der Waals surface area (Å²) in [5.74, 6) is -0.135. The number of aliphatic hydroxyl groups excluding tert-OH is 1. The summed E-state index contributed by atoms with van der Waals surface area (Å²) in [5.41, 5.74) is 2.30. The molecule has 2 aromatic rings. The largest absolute Gasteiger partial charge is 0.400 e. The summed E-state index contributed by atoms with van der Waals surface area (Å²) in [6, 6.07) is 20.0. The van der Waals surface area contributed by atoms with Crippen molar-refractivity contribution in [1.29, 1.82) is 0 Å². The van der Waals surface area contributed by atoms with Gasteiger partial charge in [-0.3, -0.25) is 4.79 Å². The second-order valence-corrected chi connectivity index (χ2v) is 6.37. The lowest BCUT2D eigenvalue weighted by atomic mass is 9.75. The van der Waals surface area contributed by atoms with Crippen molar-refractivity contribution in [3.05, 3.63) is 95.6 Å². The van der Waals surface area contributed by atoms with Crippen molar-refractivity contribution < 1.29 is 14.7 Å². The minimum absolute atomic E-state index is 0.135. The highest BCUT2D eigenvalue weighted by molar-refractivity contribution is 5.81. The zero-order valence-electron chi connectivity index (χ0n) is 16.2. The number of hydrogen-bond acceptors (Lipinski definition) is 3. The number of nitrogens with one attached hydrogen (secondary N) is 1. The minimum Gasteiger partial charge on any atom is -0.400 e. The van der Waals surface area contributed by atoms with Crippen LogP contribution in [0.25, 0.3) is 0 Å². The molecule has 0 aliphatic heterocycles. The molecular formula is C24H27NO3. The number of hydrogen-bond donors (Lipinski definition) is 2. The van der Waals surface area contributed by atoms with Crippen LogP contribution in [0.2, 0.25) is 0 Å². The van der Waals surface area contributed by atoms with Crippen LogP contribution in [0.1, 0.15) is 36.8 Å². The van der Waals surface area contributed by atoms with E-state index in [0.29, 0.717) is 0 Å². The van der Waals surface area contributed by atoms with E-state index in [0.717, 1.165) is 42.9 Å². The van der Waals surface area contributed by atoms with E-state index in [1.54, 1.807) is 0 Å². The maximum absolute atomic E-state index is 12.7. The van der Waals surface area contributed by atoms with Crippen LogP contribution in [-0.2, 0) is 15.1 Å². The van der Waals surface area contributed by atoms with Gasteiger partial charge in [-0.25, -0.2) is 0 Å². The molecule has 146 valence electrons. The maximum atomic E-state index is 12.7. The molecule has 3 rings (SSSR count). The fourth-order valence-electron chi connectivity index (χ4n) is 3.45. The smallest absolute Gasteiger partial charge is 0.221 e. The Morgan fingerprint density at radius 3 is 2.04 bits per heavy atom. The molecule has 0 saturated heterocycles. The summed E-state index contributed by atoms with van der Waals surface area (Å²) in [4.78, 5) is 23.4. The molecule has 28 heavy (non-hydrogen) atoms. The zero-order chi connectivity index (χ0) is 20.2. The van der Waals surface area contributed by atoms with Crippen molar-refractivity contribution in [3.8, 4) is 0 Å². The first kappa shape index (κ1) is 21.3. The van der Waals surface area contributed by atoms with Gasteiger partial charge in [0.25, 0.3) is 0 Å². The highest BCUT2D eigenvalue weighted by Gasteiger charge is 2.38. The topological polar surface area (TPSA) is 66.4 Å². The summed E-state index contributed by atoms with van der Waals surface area (Å²) < 4.78 is 0. The van der Waals surface area contributed by atoms with Crippen LogP contribution < -0.4 is 5.32 Å². The molecule has 1 aliphatic rings. The quantitative estimate of drug-likeness (QED) is 0.719. The molecule has 0 heterocycles. The van der Waals surface area contributed by atoms with Gasteiger partial charge in [0.2, 0.25) is 5.91 Å². The number of allylic oxidation sites excluding steroid dienone is 2. The van der Waals surface area contributed by atoms with Crippen LogP contribution >= 0.6 is 0 Å². The van der Waals surface area contributed by atoms with E-state index < -0.39 is 5.54 Å². The van der Waals surface area contributed by atoms with Gasteiger partial charge in [0.1, 0.15) is 11.8 Å². The van der Waals surface area contributed by atoms with E-state index >= 15 is 0 Å². The van der Waals surface area contributed by atoms with Crippen molar-refractivity contribution in [2.75, 3.05) is 7.11 Å². The normalized spacial score (nSPS) is 13.0. The molecule has 0 unspecified atom stereocenters. The Morgan fingerprint density at radius 1 is 1.00 bits per heavy atom. The van der Waals surface area contributed by atoms with Gasteiger partial charge in [0, 0.05) is 20.0 Å². The van der Waals surface area contributed by atoms with Crippen molar-refractivity contribution in [3.63, 3.8) is 0 Å². The first-order valence-electron chi connectivity index (χ1n) is 9.45. The molecule has 4 heteroatoms. The molecule has 0 spiro atoms. The average molecular weight is 377 g/mol. The Labute approximate surface area is 166 Å². The molecule has 0 bridgehead atoms. The van der Waals surface area contributed by atoms with Gasteiger partial charge in [-0.05, 0) is 29.5 Å². The number of carbonyl (C=O) groups excluding carboxylic acids is 2. The van der Waals surface area contributed by atoms with Crippen LogP contribution in [-0.4, -0.2) is 24.4 Å². The van der Waals surface area contributed by atoms with Gasteiger partial charge >= 0.3 is 0 Å². The second-order valence-electron chi connectivity index (χ2n) is 6.37. The van der Waals surface area contributed by atoms with Crippen molar-refractivity contribution in [2.24, 2.45) is 0 Å². The SMILES string of the molecule is CO.O=CCCC(=O)NC(C1=CCCC=C1)(c1ccccc1)c1ccccc1. The average Bonchev–Trinajstić information content (AvgIpc) is 2.79. The first-order chi connectivity index (χ1) is 13.8. The second kappa shape index (κ2) is 11.0. The summed E-state index contributed by atoms with van der Waals surface area (Å²) >= 11 is 0. The van der Waals surface area contributed by atoms with Gasteiger partial charge in [-0.2, -0.15) is 0 Å². The molecule has 2 aromatic carbocycles. The number of aliphatic hydroxyl groups is 1. The third-order valence-electron chi connectivity index (χ3n) is 4.66. The van der Waals surface area contributed by atoms with Crippen molar-refractivity contribution >= 4 is 12.2 Å². The first-order valence-corrected chi connectivity index (χ1v) is 9.45. The minimum atomic E-state index is -0.764. The van der Waals surface area contributed by atoms with Crippen LogP contribution in [0.4, 0.5) is 0 Å². The van der Waals surface area contributed by atoms with Gasteiger partial charge in [-0.15, -0.1) is 0 Å². The number of carbonyl (C=O) groups is 2. The molecule has 0 saturated carbocycles. The van der Waals surface area contributed by atoms with E-state index in [2.05, 4.69) is 23.5 Å². The molecule has 0 fully saturated rings. The third-order valence-corrected chi connectivity index (χ3v) is 4.66. The van der Waals surface area contributed by atoms with E-state index in [-0.39, 0.29) is 18.7 Å². The maximum Gasteiger partial charge on any atom is 0.221 e. The predicted molar refractivity (Wildman–Crippen MR) is 112 cm³/mol. The van der Waals surface area contributed by atoms with E-state index in [1.165, 1.54) is 0 Å². The summed E-state index contributed by atoms with van der Waals surface area (Å²) in [6.07, 6.45) is 9.57. The van der Waals surface area contributed by atoms with E-state index in [1.807, 2.05) is 60.7 Å². The lowest BCUT2D eigenvalue weighted by Crippen LogP contribution is -2.48. The monoisotopic (exact) mass is 377 g/mol. The molecule has 1 amide bonds. The Hall–Kier alpha value is -2.98. The Bertz CT molecular complexity index is 771. The fourth-order valence-corrected chi connectivity index (χ4v) is 3.45. The van der Waals surface area contributed by atoms with Gasteiger partial charge in [0.15, 0.2) is 0 Å². The molecule has 0 radical (unpaired) electrons. The lowest BCUT2D eigenvalue weighted by Gasteiger charge is -2.38. The van der Waals surface area contributed by atoms with Crippen molar-refractivity contribution in [2.45, 2.75) is 31.2 Å². The van der Waals surface area contributed by atoms with Crippen LogP contribution in [0, 0.1) is 0 Å². The molecule has 2 N–H and O–H groups in total. The van der Waals surface area contributed by atoms with E-state index in [4.69, 9.17) is 5.11 Å². The predicted octanol–water partition coefficient (Wildman–Crippen LogP) is 3.91. The molecule has 1 aliphatic carbocycles. The van der Waals surface area contributed by atoms with Crippen LogP contribution in [0.5, 0.6) is 0 Å². The zero-order valence-corrected chi connectivity index (χ0v) is 16.2. The summed E-state index contributed by atoms with van der Waals surface area (Å²) in [5, 5.41) is 10.3. The van der Waals surface area contributed by atoms with Gasteiger partial charge in [-0.1, -0.05) is 78.9 Å². The standard InChI is InChI=1S/C23H23NO2.CH4O/c25-18-10-17-22(26)24-23(19-11-4-1-5-12-19,20-13-6-2-7-14-20)21-15-8-3-9-16-21;1-2/h1-2,4-8,11-16,18H,3,9-10,17H2,(H,24,26);2H,1H3. The van der Waals surface area contributed by atoms with Crippen LogP contribution in [0.3, 0.4) is 0 Å². The molecular weight excluding hydrogens is 350 g/mol. The number of amides is 1. The number of benzene rings is 2. The Morgan fingerprint density at radius 2 is 1.57 bits per heavy atom. The highest BCUT2D eigenvalue weighted by Crippen LogP contribution is 2.39. The highest BCUT2D eigenvalue weighted by atomic mass is 16.2. The van der Waals surface area contributed by atoms with Gasteiger partial charge < -0.3 is 15.2 Å². The Balaban J connectivity index is 0.00000136.